The van der Waals surface area contributed by atoms with Crippen molar-refractivity contribution in [1.29, 1.82) is 0 Å². The number of nitrogens with zero attached hydrogens (tertiary/aromatic N) is 3. The van der Waals surface area contributed by atoms with E-state index in [1.807, 2.05) is 17.0 Å². The van der Waals surface area contributed by atoms with Gasteiger partial charge in [-0.2, -0.15) is 4.72 Å². The van der Waals surface area contributed by atoms with Crippen LogP contribution in [0, 0.1) is 0 Å². The highest BCUT2D eigenvalue weighted by atomic mass is 35.5. The maximum absolute atomic E-state index is 13.2. The number of rotatable bonds is 8. The lowest BCUT2D eigenvalue weighted by molar-refractivity contribution is -0.143. The summed E-state index contributed by atoms with van der Waals surface area (Å²) < 4.78 is 29.0. The van der Waals surface area contributed by atoms with Crippen LogP contribution in [0.4, 0.5) is 0 Å². The highest BCUT2D eigenvalue weighted by molar-refractivity contribution is 7.91. The number of carbonyl (C=O) groups is 2. The number of nitrogens with one attached hydrogen (secondary N) is 1. The number of thiophene rings is 1. The highest BCUT2D eigenvalue weighted by Crippen LogP contribution is 2.30. The van der Waals surface area contributed by atoms with Gasteiger partial charge in [0.05, 0.1) is 6.54 Å². The Morgan fingerprint density at radius 1 is 1.03 bits per heavy atom. The van der Waals surface area contributed by atoms with Crippen LogP contribution in [0.5, 0.6) is 0 Å². The fourth-order valence-electron chi connectivity index (χ4n) is 5.60. The molecule has 3 aliphatic heterocycles. The fraction of sp³-hybridized carbons (Fsp3) is 0.538. The second-order valence-electron chi connectivity index (χ2n) is 10.1. The van der Waals surface area contributed by atoms with E-state index < -0.39 is 16.1 Å². The van der Waals surface area contributed by atoms with Gasteiger partial charge in [-0.1, -0.05) is 23.7 Å². The van der Waals surface area contributed by atoms with Crippen LogP contribution in [0.1, 0.15) is 38.5 Å². The number of likely N-dealkylation sites (tertiary alicyclic amines) is 3. The zero-order valence-corrected chi connectivity index (χ0v) is 23.2. The van der Waals surface area contributed by atoms with E-state index in [9.17, 15) is 18.0 Å². The molecule has 2 atom stereocenters. The lowest BCUT2D eigenvalue weighted by Crippen LogP contribution is -2.55. The van der Waals surface area contributed by atoms with Crippen molar-refractivity contribution in [3.63, 3.8) is 0 Å². The van der Waals surface area contributed by atoms with Crippen LogP contribution in [0.2, 0.25) is 5.02 Å². The summed E-state index contributed by atoms with van der Waals surface area (Å²) in [7, 11) is -3.89. The largest absolute Gasteiger partial charge is 0.337 e. The third kappa shape index (κ3) is 6.20. The van der Waals surface area contributed by atoms with Gasteiger partial charge in [-0.05, 0) is 86.3 Å². The highest BCUT2D eigenvalue weighted by Gasteiger charge is 2.36. The van der Waals surface area contributed by atoms with Crippen LogP contribution in [-0.4, -0.2) is 86.3 Å². The predicted octanol–water partition coefficient (Wildman–Crippen LogP) is 3.42. The van der Waals surface area contributed by atoms with Crippen molar-refractivity contribution in [2.24, 2.45) is 0 Å². The van der Waals surface area contributed by atoms with Gasteiger partial charge >= 0.3 is 0 Å². The molecule has 1 N–H and O–H groups in total. The molecule has 0 spiro atoms. The van der Waals surface area contributed by atoms with Gasteiger partial charge in [-0.3, -0.25) is 9.59 Å². The molecule has 0 unspecified atom stereocenters. The molecule has 11 heteroatoms. The molecule has 37 heavy (non-hydrogen) atoms. The molecule has 0 aliphatic carbocycles. The van der Waals surface area contributed by atoms with Crippen molar-refractivity contribution in [1.82, 2.24) is 19.4 Å². The predicted molar refractivity (Wildman–Crippen MR) is 145 cm³/mol. The molecule has 0 saturated carbocycles. The normalized spacial score (nSPS) is 23.2. The number of piperidine rings is 1. The summed E-state index contributed by atoms with van der Waals surface area (Å²) in [6.45, 7) is 4.28. The SMILES string of the molecule is O=C1[C@@H](NS(=O)(=O)c2cc(-c3cccc(Cl)c3)cs2)CCCN1CC(=O)N1CCC[C@H]1CN1CCCC1. The molecule has 2 amide bonds. The topological polar surface area (TPSA) is 90.0 Å². The second kappa shape index (κ2) is 11.4. The monoisotopic (exact) mass is 564 g/mol. The first kappa shape index (κ1) is 26.6. The Labute approximate surface area is 227 Å². The lowest BCUT2D eigenvalue weighted by atomic mass is 10.1. The maximum atomic E-state index is 13.2. The van der Waals surface area contributed by atoms with E-state index in [1.165, 1.54) is 17.7 Å². The molecule has 3 aliphatic rings. The molecule has 3 saturated heterocycles. The molecule has 200 valence electrons. The first-order valence-corrected chi connectivity index (χ1v) is 15.7. The summed E-state index contributed by atoms with van der Waals surface area (Å²) >= 11 is 7.18. The summed E-state index contributed by atoms with van der Waals surface area (Å²) in [5.74, 6) is -0.368. The van der Waals surface area contributed by atoms with Crippen LogP contribution < -0.4 is 4.72 Å². The van der Waals surface area contributed by atoms with E-state index in [1.54, 1.807) is 23.6 Å². The Morgan fingerprint density at radius 3 is 2.59 bits per heavy atom. The van der Waals surface area contributed by atoms with E-state index in [0.29, 0.717) is 24.4 Å². The van der Waals surface area contributed by atoms with Crippen molar-refractivity contribution in [3.8, 4) is 11.1 Å². The van der Waals surface area contributed by atoms with Gasteiger partial charge in [0, 0.05) is 30.7 Å². The molecule has 0 radical (unpaired) electrons. The molecular formula is C26H33ClN4O4S2. The first-order chi connectivity index (χ1) is 17.8. The minimum absolute atomic E-state index is 0.00543. The summed E-state index contributed by atoms with van der Waals surface area (Å²) in [4.78, 5) is 32.3. The summed E-state index contributed by atoms with van der Waals surface area (Å²) in [5.41, 5.74) is 1.58. The fourth-order valence-corrected chi connectivity index (χ4v) is 8.22. The maximum Gasteiger partial charge on any atom is 0.250 e. The van der Waals surface area contributed by atoms with Crippen LogP contribution in [0.25, 0.3) is 11.1 Å². The smallest absolute Gasteiger partial charge is 0.250 e. The number of sulfonamides is 1. The molecule has 0 bridgehead atoms. The summed E-state index contributed by atoms with van der Waals surface area (Å²) in [5, 5.41) is 2.34. The molecule has 1 aromatic carbocycles. The molecule has 1 aromatic heterocycles. The molecule has 4 heterocycles. The van der Waals surface area contributed by atoms with Crippen molar-refractivity contribution in [2.75, 3.05) is 39.3 Å². The van der Waals surface area contributed by atoms with E-state index >= 15 is 0 Å². The van der Waals surface area contributed by atoms with Gasteiger partial charge < -0.3 is 14.7 Å². The Kier molecular flexibility index (Phi) is 8.21. The van der Waals surface area contributed by atoms with Crippen molar-refractivity contribution >= 4 is 44.8 Å². The minimum atomic E-state index is -3.89. The Bertz CT molecular complexity index is 1240. The van der Waals surface area contributed by atoms with Gasteiger partial charge in [0.25, 0.3) is 10.0 Å². The number of amides is 2. The minimum Gasteiger partial charge on any atom is -0.337 e. The third-order valence-electron chi connectivity index (χ3n) is 7.52. The number of benzene rings is 1. The van der Waals surface area contributed by atoms with Crippen LogP contribution in [-0.2, 0) is 19.6 Å². The van der Waals surface area contributed by atoms with Gasteiger partial charge in [0.2, 0.25) is 11.8 Å². The summed E-state index contributed by atoms with van der Waals surface area (Å²) in [6, 6.07) is 8.15. The van der Waals surface area contributed by atoms with Crippen molar-refractivity contribution in [2.45, 2.75) is 54.8 Å². The number of hydrogen-bond acceptors (Lipinski definition) is 6. The van der Waals surface area contributed by atoms with Crippen LogP contribution in [0.15, 0.2) is 39.9 Å². The average molecular weight is 565 g/mol. The molecule has 8 nitrogen and oxygen atoms in total. The third-order valence-corrected chi connectivity index (χ3v) is 10.7. The van der Waals surface area contributed by atoms with Gasteiger partial charge in [0.1, 0.15) is 10.3 Å². The quantitative estimate of drug-likeness (QED) is 0.530. The molecule has 3 fully saturated rings. The zero-order valence-electron chi connectivity index (χ0n) is 20.8. The van der Waals surface area contributed by atoms with Gasteiger partial charge in [-0.25, -0.2) is 8.42 Å². The number of hydrogen-bond donors (Lipinski definition) is 1. The summed E-state index contributed by atoms with van der Waals surface area (Å²) in [6.07, 6.45) is 5.47. The van der Waals surface area contributed by atoms with Gasteiger partial charge in [0.15, 0.2) is 0 Å². The first-order valence-electron chi connectivity index (χ1n) is 13.0. The Balaban J connectivity index is 1.21. The average Bonchev–Trinajstić information content (AvgIpc) is 3.64. The zero-order chi connectivity index (χ0) is 26.0. The van der Waals surface area contributed by atoms with E-state index in [2.05, 4.69) is 9.62 Å². The number of carbonyl (C=O) groups excluding carboxylic acids is 2. The van der Waals surface area contributed by atoms with Crippen LogP contribution >= 0.6 is 22.9 Å². The standard InChI is InChI=1S/C26H33ClN4O4S2/c27-21-7-3-6-19(14-21)20-15-25(36-18-20)37(34,35)28-23-9-5-12-30(26(23)33)17-24(32)31-13-4-8-22(31)16-29-10-1-2-11-29/h3,6-7,14-15,18,22-23,28H,1-2,4-5,8-13,16-17H2/t22-,23-/m0/s1. The molecule has 5 rings (SSSR count). The van der Waals surface area contributed by atoms with E-state index in [0.717, 1.165) is 61.5 Å². The second-order valence-corrected chi connectivity index (χ2v) is 13.4. The lowest BCUT2D eigenvalue weighted by Gasteiger charge is -2.34. The van der Waals surface area contributed by atoms with Crippen molar-refractivity contribution in [3.05, 3.63) is 40.7 Å². The van der Waals surface area contributed by atoms with Gasteiger partial charge in [-0.15, -0.1) is 11.3 Å². The molecule has 2 aromatic rings. The molecular weight excluding hydrogens is 532 g/mol. The van der Waals surface area contributed by atoms with E-state index in [-0.39, 0.29) is 28.6 Å². The van der Waals surface area contributed by atoms with Crippen molar-refractivity contribution < 1.29 is 18.0 Å². The van der Waals surface area contributed by atoms with Crippen LogP contribution in [0.3, 0.4) is 0 Å². The Hall–Kier alpha value is -1.98. The van der Waals surface area contributed by atoms with E-state index in [4.69, 9.17) is 11.6 Å². The Morgan fingerprint density at radius 2 is 1.81 bits per heavy atom. The number of halogens is 1.